The van der Waals surface area contributed by atoms with Crippen LogP contribution in [0.5, 0.6) is 0 Å². The molecule has 1 aromatic carbocycles. The third kappa shape index (κ3) is 2.55. The lowest BCUT2D eigenvalue weighted by atomic mass is 9.96. The van der Waals surface area contributed by atoms with Crippen molar-refractivity contribution < 1.29 is 28.7 Å². The van der Waals surface area contributed by atoms with Crippen molar-refractivity contribution >= 4 is 34.5 Å². The zero-order valence-electron chi connectivity index (χ0n) is 13.2. The van der Waals surface area contributed by atoms with Gasteiger partial charge in [0.2, 0.25) is 11.8 Å². The molecule has 1 saturated heterocycles. The molecule has 2 heterocycles. The van der Waals surface area contributed by atoms with E-state index in [1.165, 1.54) is 49.8 Å². The molecule has 2 aromatic rings. The predicted molar refractivity (Wildman–Crippen MR) is 80.1 cm³/mol. The van der Waals surface area contributed by atoms with Crippen LogP contribution in [-0.4, -0.2) is 39.2 Å². The number of Topliss-reactive ketones (excluding diaryl/α,β-unsaturated/α-hetero) is 1. The maximum absolute atomic E-state index is 12.5. The first-order valence-electron chi connectivity index (χ1n) is 7.18. The number of carbonyl (C=O) groups is 4. The van der Waals surface area contributed by atoms with E-state index in [4.69, 9.17) is 9.47 Å². The van der Waals surface area contributed by atoms with Gasteiger partial charge in [-0.25, -0.2) is 4.68 Å². The van der Waals surface area contributed by atoms with Crippen molar-refractivity contribution in [1.29, 1.82) is 0 Å². The average molecular weight is 330 g/mol. The smallest absolute Gasteiger partial charge is 0.331 e. The summed E-state index contributed by atoms with van der Waals surface area (Å²) in [6.45, 7) is 4.18. The SMILES string of the molecule is CC(=O)n1ncc2cc(C(=O)C3C(=O)OC(C)(C)OC3=O)ccc21. The molecule has 0 bridgehead atoms. The molecule has 1 aliphatic heterocycles. The van der Waals surface area contributed by atoms with Gasteiger partial charge in [-0.1, -0.05) is 0 Å². The number of cyclic esters (lactones) is 2. The molecule has 1 aromatic heterocycles. The fourth-order valence-electron chi connectivity index (χ4n) is 2.54. The van der Waals surface area contributed by atoms with E-state index in [2.05, 4.69) is 5.10 Å². The number of aromatic nitrogens is 2. The van der Waals surface area contributed by atoms with E-state index >= 15 is 0 Å². The van der Waals surface area contributed by atoms with Gasteiger partial charge in [-0.2, -0.15) is 5.10 Å². The quantitative estimate of drug-likeness (QED) is 0.465. The second kappa shape index (κ2) is 5.26. The minimum absolute atomic E-state index is 0.129. The number of hydrogen-bond acceptors (Lipinski definition) is 7. The van der Waals surface area contributed by atoms with Crippen LogP contribution in [0.25, 0.3) is 10.9 Å². The summed E-state index contributed by atoms with van der Waals surface area (Å²) >= 11 is 0. The lowest BCUT2D eigenvalue weighted by Gasteiger charge is -2.32. The highest BCUT2D eigenvalue weighted by Crippen LogP contribution is 2.26. The van der Waals surface area contributed by atoms with Crippen LogP contribution in [-0.2, 0) is 19.1 Å². The molecular formula is C16H14N2O6. The summed E-state index contributed by atoms with van der Waals surface area (Å²) in [5.74, 6) is -5.93. The molecule has 8 heteroatoms. The molecule has 0 unspecified atom stereocenters. The van der Waals surface area contributed by atoms with Gasteiger partial charge in [0.1, 0.15) is 0 Å². The number of rotatable bonds is 2. The van der Waals surface area contributed by atoms with Crippen LogP contribution in [0.3, 0.4) is 0 Å². The van der Waals surface area contributed by atoms with Gasteiger partial charge in [-0.15, -0.1) is 0 Å². The molecular weight excluding hydrogens is 316 g/mol. The third-order valence-corrected chi connectivity index (χ3v) is 3.58. The molecule has 0 N–H and O–H groups in total. The van der Waals surface area contributed by atoms with Gasteiger partial charge in [-0.05, 0) is 18.2 Å². The van der Waals surface area contributed by atoms with Gasteiger partial charge in [0.15, 0.2) is 5.78 Å². The van der Waals surface area contributed by atoms with Gasteiger partial charge in [-0.3, -0.25) is 19.2 Å². The maximum atomic E-state index is 12.5. The summed E-state index contributed by atoms with van der Waals surface area (Å²) < 4.78 is 11.1. The van der Waals surface area contributed by atoms with Gasteiger partial charge < -0.3 is 9.47 Å². The topological polar surface area (TPSA) is 105 Å². The first-order chi connectivity index (χ1) is 11.2. The lowest BCUT2D eigenvalue weighted by molar-refractivity contribution is -0.236. The van der Waals surface area contributed by atoms with E-state index in [1.807, 2.05) is 0 Å². The number of nitrogens with zero attached hydrogens (tertiary/aromatic N) is 2. The summed E-state index contributed by atoms with van der Waals surface area (Å²) in [4.78, 5) is 47.9. The second-order valence-electron chi connectivity index (χ2n) is 5.89. The molecule has 0 atom stereocenters. The van der Waals surface area contributed by atoms with Gasteiger partial charge in [0, 0.05) is 31.7 Å². The van der Waals surface area contributed by atoms with E-state index in [0.717, 1.165) is 0 Å². The van der Waals surface area contributed by atoms with E-state index in [-0.39, 0.29) is 11.5 Å². The molecule has 0 amide bonds. The van der Waals surface area contributed by atoms with Crippen LogP contribution >= 0.6 is 0 Å². The van der Waals surface area contributed by atoms with Crippen molar-refractivity contribution in [1.82, 2.24) is 9.78 Å². The predicted octanol–water partition coefficient (Wildman–Crippen LogP) is 1.33. The fraction of sp³-hybridized carbons (Fsp3) is 0.312. The Balaban J connectivity index is 1.95. The summed E-state index contributed by atoms with van der Waals surface area (Å²) in [5, 5.41) is 4.47. The second-order valence-corrected chi connectivity index (χ2v) is 5.89. The Morgan fingerprint density at radius 1 is 1.17 bits per heavy atom. The Bertz CT molecular complexity index is 875. The minimum atomic E-state index is -1.65. The molecule has 0 spiro atoms. The van der Waals surface area contributed by atoms with E-state index < -0.39 is 29.4 Å². The van der Waals surface area contributed by atoms with Crippen LogP contribution in [0, 0.1) is 5.92 Å². The summed E-state index contributed by atoms with van der Waals surface area (Å²) in [7, 11) is 0. The van der Waals surface area contributed by atoms with Crippen LogP contribution < -0.4 is 0 Å². The van der Waals surface area contributed by atoms with Gasteiger partial charge in [0.25, 0.3) is 5.79 Å². The Kier molecular flexibility index (Phi) is 3.47. The number of carbonyl (C=O) groups excluding carboxylic acids is 4. The first-order valence-corrected chi connectivity index (χ1v) is 7.18. The van der Waals surface area contributed by atoms with Crippen molar-refractivity contribution in [2.24, 2.45) is 5.92 Å². The maximum Gasteiger partial charge on any atom is 0.331 e. The largest absolute Gasteiger partial charge is 0.422 e. The number of ether oxygens (including phenoxy) is 2. The monoisotopic (exact) mass is 330 g/mol. The number of ketones is 1. The van der Waals surface area contributed by atoms with Crippen molar-refractivity contribution in [2.75, 3.05) is 0 Å². The molecule has 24 heavy (non-hydrogen) atoms. The van der Waals surface area contributed by atoms with Crippen LogP contribution in [0.4, 0.5) is 0 Å². The van der Waals surface area contributed by atoms with Crippen LogP contribution in [0.2, 0.25) is 0 Å². The van der Waals surface area contributed by atoms with Crippen molar-refractivity contribution in [3.8, 4) is 0 Å². The molecule has 3 rings (SSSR count). The normalized spacial score (nSPS) is 17.5. The zero-order chi connectivity index (χ0) is 17.6. The summed E-state index contributed by atoms with van der Waals surface area (Å²) in [6, 6.07) is 4.41. The Morgan fingerprint density at radius 2 is 1.79 bits per heavy atom. The highest BCUT2D eigenvalue weighted by atomic mass is 16.7. The van der Waals surface area contributed by atoms with Crippen LogP contribution in [0.1, 0.15) is 35.9 Å². The number of esters is 2. The summed E-state index contributed by atoms with van der Waals surface area (Å²) in [6.07, 6.45) is 1.42. The fourth-order valence-corrected chi connectivity index (χ4v) is 2.54. The molecule has 0 saturated carbocycles. The summed E-state index contributed by atoms with van der Waals surface area (Å²) in [5.41, 5.74) is 0.651. The van der Waals surface area contributed by atoms with Crippen molar-refractivity contribution in [3.05, 3.63) is 30.0 Å². The standard InChI is InChI=1S/C16H14N2O6/c1-8(19)18-11-5-4-9(6-10(11)7-17-18)13(20)12-14(21)23-16(2,3)24-15(12)22/h4-7,12H,1-3H3. The average Bonchev–Trinajstić information content (AvgIpc) is 2.87. The minimum Gasteiger partial charge on any atom is -0.422 e. The van der Waals surface area contributed by atoms with E-state index in [1.54, 1.807) is 0 Å². The highest BCUT2D eigenvalue weighted by molar-refractivity contribution is 6.22. The lowest BCUT2D eigenvalue weighted by Crippen LogP contribution is -2.49. The Morgan fingerprint density at radius 3 is 2.38 bits per heavy atom. The molecule has 0 aliphatic carbocycles. The first kappa shape index (κ1) is 15.9. The molecule has 124 valence electrons. The van der Waals surface area contributed by atoms with Crippen molar-refractivity contribution in [3.63, 3.8) is 0 Å². The van der Waals surface area contributed by atoms with E-state index in [0.29, 0.717) is 10.9 Å². The Hall–Kier alpha value is -3.03. The molecule has 1 aliphatic rings. The zero-order valence-corrected chi connectivity index (χ0v) is 13.2. The van der Waals surface area contributed by atoms with E-state index in [9.17, 15) is 19.2 Å². The number of benzene rings is 1. The number of hydrogen-bond donors (Lipinski definition) is 0. The van der Waals surface area contributed by atoms with Crippen molar-refractivity contribution in [2.45, 2.75) is 26.6 Å². The third-order valence-electron chi connectivity index (χ3n) is 3.58. The Labute approximate surface area is 136 Å². The van der Waals surface area contributed by atoms with Gasteiger partial charge >= 0.3 is 11.9 Å². The van der Waals surface area contributed by atoms with Crippen LogP contribution in [0.15, 0.2) is 24.4 Å². The van der Waals surface area contributed by atoms with Gasteiger partial charge in [0.05, 0.1) is 11.7 Å². The molecule has 8 nitrogen and oxygen atoms in total. The molecule has 0 radical (unpaired) electrons. The highest BCUT2D eigenvalue weighted by Gasteiger charge is 2.47. The number of fused-ring (bicyclic) bond motifs is 1. The molecule has 1 fully saturated rings.